The monoisotopic (exact) mass is 401 g/mol. The lowest BCUT2D eigenvalue weighted by molar-refractivity contribution is -0.385. The molecule has 4 rings (SSSR count). The Morgan fingerprint density at radius 1 is 1.07 bits per heavy atom. The van der Waals surface area contributed by atoms with E-state index in [-0.39, 0.29) is 17.2 Å². The lowest BCUT2D eigenvalue weighted by atomic mass is 9.85. The second kappa shape index (κ2) is 7.79. The number of benzene rings is 3. The smallest absolute Gasteiger partial charge is 0.311 e. The van der Waals surface area contributed by atoms with Crippen molar-refractivity contribution in [1.82, 2.24) is 5.43 Å². The predicted octanol–water partition coefficient (Wildman–Crippen LogP) is 3.76. The molecule has 3 aromatic rings. The first-order chi connectivity index (χ1) is 14.5. The molecule has 7 nitrogen and oxygen atoms in total. The SMILES string of the molecule is O=C(NN=Cc1ccc(O)c([N+](=O)[O-])c1)C1CC1(c1ccccc1)c1ccccc1. The molecule has 7 heteroatoms. The maximum Gasteiger partial charge on any atom is 0.311 e. The number of nitrogens with zero attached hydrogens (tertiary/aromatic N) is 2. The molecule has 1 fully saturated rings. The van der Waals surface area contributed by atoms with Crippen LogP contribution in [0.3, 0.4) is 0 Å². The molecular weight excluding hydrogens is 382 g/mol. The highest BCUT2D eigenvalue weighted by Gasteiger charge is 2.60. The molecule has 3 aromatic carbocycles. The van der Waals surface area contributed by atoms with Crippen LogP contribution < -0.4 is 5.43 Å². The zero-order chi connectivity index (χ0) is 21.1. The highest BCUT2D eigenvalue weighted by Crippen LogP contribution is 2.58. The Balaban J connectivity index is 1.52. The van der Waals surface area contributed by atoms with E-state index in [1.54, 1.807) is 0 Å². The van der Waals surface area contributed by atoms with Gasteiger partial charge in [-0.05, 0) is 29.7 Å². The molecule has 0 aromatic heterocycles. The fourth-order valence-electron chi connectivity index (χ4n) is 3.87. The highest BCUT2D eigenvalue weighted by atomic mass is 16.6. The summed E-state index contributed by atoms with van der Waals surface area (Å²) in [6, 6.07) is 23.7. The van der Waals surface area contributed by atoms with Gasteiger partial charge in [-0.2, -0.15) is 5.10 Å². The van der Waals surface area contributed by atoms with E-state index in [0.717, 1.165) is 11.1 Å². The molecular formula is C23H19N3O4. The lowest BCUT2D eigenvalue weighted by Gasteiger charge is -2.18. The zero-order valence-corrected chi connectivity index (χ0v) is 15.9. The van der Waals surface area contributed by atoms with Crippen molar-refractivity contribution in [2.75, 3.05) is 0 Å². The molecule has 1 unspecified atom stereocenters. The molecule has 2 N–H and O–H groups in total. The number of carbonyl (C=O) groups is 1. The minimum Gasteiger partial charge on any atom is -0.502 e. The number of aromatic hydroxyl groups is 1. The maximum absolute atomic E-state index is 12.8. The van der Waals surface area contributed by atoms with Crippen LogP contribution in [0.25, 0.3) is 0 Å². The van der Waals surface area contributed by atoms with Gasteiger partial charge in [0.1, 0.15) is 0 Å². The summed E-state index contributed by atoms with van der Waals surface area (Å²) in [4.78, 5) is 23.1. The van der Waals surface area contributed by atoms with Crippen molar-refractivity contribution in [3.8, 4) is 5.75 Å². The van der Waals surface area contributed by atoms with Gasteiger partial charge in [0.15, 0.2) is 5.75 Å². The van der Waals surface area contributed by atoms with Crippen molar-refractivity contribution in [2.24, 2.45) is 11.0 Å². The van der Waals surface area contributed by atoms with Crippen molar-refractivity contribution in [3.63, 3.8) is 0 Å². The molecule has 150 valence electrons. The van der Waals surface area contributed by atoms with Gasteiger partial charge in [0.05, 0.1) is 17.1 Å². The minimum absolute atomic E-state index is 0.216. The molecule has 1 atom stereocenters. The molecule has 1 aliphatic rings. The van der Waals surface area contributed by atoms with E-state index >= 15 is 0 Å². The first-order valence-corrected chi connectivity index (χ1v) is 9.44. The Kier molecular flexibility index (Phi) is 5.02. The van der Waals surface area contributed by atoms with Crippen molar-refractivity contribution < 1.29 is 14.8 Å². The van der Waals surface area contributed by atoms with Gasteiger partial charge in [-0.3, -0.25) is 14.9 Å². The third-order valence-electron chi connectivity index (χ3n) is 5.44. The average Bonchev–Trinajstić information content (AvgIpc) is 3.53. The summed E-state index contributed by atoms with van der Waals surface area (Å²) in [5.74, 6) is -0.907. The molecule has 0 saturated heterocycles. The van der Waals surface area contributed by atoms with Crippen LogP contribution in [0.2, 0.25) is 0 Å². The van der Waals surface area contributed by atoms with Gasteiger partial charge in [0, 0.05) is 17.0 Å². The topological polar surface area (TPSA) is 105 Å². The van der Waals surface area contributed by atoms with Crippen LogP contribution in [-0.2, 0) is 10.2 Å². The molecule has 1 saturated carbocycles. The van der Waals surface area contributed by atoms with E-state index in [2.05, 4.69) is 10.5 Å². The number of phenols is 1. The van der Waals surface area contributed by atoms with Gasteiger partial charge in [0.25, 0.3) is 0 Å². The fourth-order valence-corrected chi connectivity index (χ4v) is 3.87. The van der Waals surface area contributed by atoms with E-state index in [9.17, 15) is 20.0 Å². The van der Waals surface area contributed by atoms with Crippen LogP contribution in [0.4, 0.5) is 5.69 Å². The Hall–Kier alpha value is -4.00. The number of hydrogen-bond donors (Lipinski definition) is 2. The van der Waals surface area contributed by atoms with E-state index in [1.165, 1.54) is 24.4 Å². The van der Waals surface area contributed by atoms with Crippen LogP contribution in [0.1, 0.15) is 23.1 Å². The van der Waals surface area contributed by atoms with Crippen LogP contribution in [0.5, 0.6) is 5.75 Å². The van der Waals surface area contributed by atoms with E-state index in [1.807, 2.05) is 60.7 Å². The molecule has 1 amide bonds. The number of hydrazone groups is 1. The Bertz CT molecular complexity index is 1070. The number of rotatable bonds is 6. The summed E-state index contributed by atoms with van der Waals surface area (Å²) >= 11 is 0. The zero-order valence-electron chi connectivity index (χ0n) is 15.9. The van der Waals surface area contributed by atoms with Crippen molar-refractivity contribution in [2.45, 2.75) is 11.8 Å². The largest absolute Gasteiger partial charge is 0.502 e. The highest BCUT2D eigenvalue weighted by molar-refractivity contribution is 5.88. The average molecular weight is 401 g/mol. The number of carbonyl (C=O) groups excluding carboxylic acids is 1. The summed E-state index contributed by atoms with van der Waals surface area (Å²) in [5.41, 5.74) is 4.30. The summed E-state index contributed by atoms with van der Waals surface area (Å²) in [5, 5.41) is 24.4. The molecule has 0 bridgehead atoms. The third kappa shape index (κ3) is 3.53. The van der Waals surface area contributed by atoms with Crippen molar-refractivity contribution in [3.05, 3.63) is 106 Å². The number of nitrogens with one attached hydrogen (secondary N) is 1. The van der Waals surface area contributed by atoms with Gasteiger partial charge in [-0.15, -0.1) is 0 Å². The van der Waals surface area contributed by atoms with Crippen molar-refractivity contribution >= 4 is 17.8 Å². The first kappa shape index (κ1) is 19.3. The number of phenolic OH excluding ortho intramolecular Hbond substituents is 1. The Labute approximate surface area is 172 Å². The second-order valence-corrected chi connectivity index (χ2v) is 7.20. The normalized spacial score (nSPS) is 16.9. The molecule has 0 heterocycles. The fraction of sp³-hybridized carbons (Fsp3) is 0.130. The summed E-state index contributed by atoms with van der Waals surface area (Å²) in [7, 11) is 0. The van der Waals surface area contributed by atoms with Gasteiger partial charge in [-0.1, -0.05) is 60.7 Å². The van der Waals surface area contributed by atoms with Gasteiger partial charge in [0.2, 0.25) is 5.91 Å². The molecule has 1 aliphatic carbocycles. The van der Waals surface area contributed by atoms with E-state index in [4.69, 9.17) is 0 Å². The molecule has 0 spiro atoms. The van der Waals surface area contributed by atoms with Crippen LogP contribution in [0.15, 0.2) is 84.0 Å². The van der Waals surface area contributed by atoms with Crippen LogP contribution >= 0.6 is 0 Å². The van der Waals surface area contributed by atoms with E-state index in [0.29, 0.717) is 12.0 Å². The quantitative estimate of drug-likeness (QED) is 0.373. The summed E-state index contributed by atoms with van der Waals surface area (Å²) in [6.07, 6.45) is 1.99. The number of hydrogen-bond acceptors (Lipinski definition) is 5. The third-order valence-corrected chi connectivity index (χ3v) is 5.44. The number of nitro groups is 1. The maximum atomic E-state index is 12.8. The number of nitro benzene ring substituents is 1. The Morgan fingerprint density at radius 2 is 1.67 bits per heavy atom. The molecule has 0 aliphatic heterocycles. The number of amides is 1. The molecule has 30 heavy (non-hydrogen) atoms. The van der Waals surface area contributed by atoms with Gasteiger partial charge in [-0.25, -0.2) is 5.43 Å². The summed E-state index contributed by atoms with van der Waals surface area (Å²) < 4.78 is 0. The lowest BCUT2D eigenvalue weighted by Crippen LogP contribution is -2.25. The second-order valence-electron chi connectivity index (χ2n) is 7.20. The predicted molar refractivity (Wildman–Crippen MR) is 112 cm³/mol. The van der Waals surface area contributed by atoms with Crippen LogP contribution in [-0.4, -0.2) is 22.2 Å². The van der Waals surface area contributed by atoms with Crippen molar-refractivity contribution in [1.29, 1.82) is 0 Å². The van der Waals surface area contributed by atoms with Gasteiger partial charge >= 0.3 is 5.69 Å². The first-order valence-electron chi connectivity index (χ1n) is 9.44. The minimum atomic E-state index is -0.677. The standard InChI is InChI=1S/C23H19N3O4/c27-21-12-11-16(13-20(21)26(29)30)15-24-25-22(28)19-14-23(19,17-7-3-1-4-8-17)18-9-5-2-6-10-18/h1-13,15,19,27H,14H2,(H,25,28). The van der Waals surface area contributed by atoms with E-state index < -0.39 is 16.4 Å². The summed E-state index contributed by atoms with van der Waals surface area (Å²) in [6.45, 7) is 0. The molecule has 0 radical (unpaired) electrons. The van der Waals surface area contributed by atoms with Gasteiger partial charge < -0.3 is 5.11 Å². The Morgan fingerprint density at radius 3 is 2.23 bits per heavy atom. The van der Waals surface area contributed by atoms with Crippen LogP contribution in [0, 0.1) is 16.0 Å².